The maximum Gasteiger partial charge on any atom is 0.322 e. The summed E-state index contributed by atoms with van der Waals surface area (Å²) in [4.78, 5) is 56.4. The highest BCUT2D eigenvalue weighted by Crippen LogP contribution is 1.96. The minimum Gasteiger partial charge on any atom is -0.480 e. The van der Waals surface area contributed by atoms with E-state index in [9.17, 15) is 24.0 Å². The Balaban J connectivity index is 4.87. The molecular weight excluding hydrogens is 330 g/mol. The molecule has 0 bridgehead atoms. The molecule has 12 heteroatoms. The summed E-state index contributed by atoms with van der Waals surface area (Å²) in [6.45, 7) is -1.04. The summed E-state index contributed by atoms with van der Waals surface area (Å²) in [7, 11) is 0. The zero-order chi connectivity index (χ0) is 18.0. The van der Waals surface area contributed by atoms with Gasteiger partial charge in [-0.15, -0.1) is 0 Å². The van der Waals surface area contributed by atoms with Crippen molar-refractivity contribution in [1.29, 1.82) is 0 Å². The molecule has 0 radical (unpaired) electrons. The van der Waals surface area contributed by atoms with E-state index in [0.717, 1.165) is 0 Å². The van der Waals surface area contributed by atoms with Gasteiger partial charge in [-0.3, -0.25) is 24.0 Å². The fraction of sp³-hybridized carbons (Fsp3) is 0.545. The van der Waals surface area contributed by atoms with E-state index in [-0.39, 0.29) is 12.3 Å². The molecule has 4 amide bonds. The number of amides is 4. The van der Waals surface area contributed by atoms with Crippen molar-refractivity contribution in [3.63, 3.8) is 0 Å². The minimum atomic E-state index is -1.38. The number of nitrogens with one attached hydrogen (secondary N) is 3. The van der Waals surface area contributed by atoms with Gasteiger partial charge >= 0.3 is 5.97 Å². The SMILES string of the molecule is NCC(=O)NC(CS)C(=O)NC(CC(N)=O)C(=O)NCC(=O)O. The average molecular weight is 349 g/mol. The fourth-order valence-corrected chi connectivity index (χ4v) is 1.67. The normalized spacial score (nSPS) is 12.6. The van der Waals surface area contributed by atoms with Crippen molar-refractivity contribution in [2.75, 3.05) is 18.8 Å². The molecular formula is C11H19N5O6S. The summed E-state index contributed by atoms with van der Waals surface area (Å²) >= 11 is 3.89. The fourth-order valence-electron chi connectivity index (χ4n) is 1.42. The number of carbonyl (C=O) groups excluding carboxylic acids is 4. The number of primary amides is 1. The summed E-state index contributed by atoms with van der Waals surface area (Å²) in [6.07, 6.45) is -0.540. The summed E-state index contributed by atoms with van der Waals surface area (Å²) in [5, 5.41) is 15.0. The Hall–Kier alpha value is -2.34. The first-order valence-electron chi connectivity index (χ1n) is 6.39. The van der Waals surface area contributed by atoms with Crippen molar-refractivity contribution in [3.05, 3.63) is 0 Å². The molecule has 0 saturated carbocycles. The Morgan fingerprint density at radius 1 is 1.04 bits per heavy atom. The smallest absolute Gasteiger partial charge is 0.322 e. The van der Waals surface area contributed by atoms with Crippen LogP contribution in [0.4, 0.5) is 0 Å². The number of carboxylic acids is 1. The third kappa shape index (κ3) is 8.63. The van der Waals surface area contributed by atoms with Gasteiger partial charge in [-0.1, -0.05) is 0 Å². The minimum absolute atomic E-state index is 0.0857. The standard InChI is InChI=1S/C11H19N5O6S/c12-2-8(18)15-6(4-23)11(22)16-5(1-7(13)17)10(21)14-3-9(19)20/h5-6,23H,1-4,12H2,(H2,13,17)(H,14,21)(H,15,18)(H,16,22)(H,19,20). The number of rotatable bonds is 10. The molecule has 0 aliphatic heterocycles. The van der Waals surface area contributed by atoms with Crippen LogP contribution in [0.1, 0.15) is 6.42 Å². The van der Waals surface area contributed by atoms with Crippen LogP contribution in [0.5, 0.6) is 0 Å². The van der Waals surface area contributed by atoms with Crippen LogP contribution in [0.2, 0.25) is 0 Å². The number of carbonyl (C=O) groups is 5. The number of carboxylic acid groups (broad SMARTS) is 1. The van der Waals surface area contributed by atoms with Crippen LogP contribution in [0.3, 0.4) is 0 Å². The summed E-state index contributed by atoms with van der Waals surface area (Å²) in [5.74, 6) is -4.57. The molecule has 0 aromatic rings. The van der Waals surface area contributed by atoms with Crippen LogP contribution in [0, 0.1) is 0 Å². The highest BCUT2D eigenvalue weighted by molar-refractivity contribution is 7.80. The first kappa shape index (κ1) is 20.7. The monoisotopic (exact) mass is 349 g/mol. The lowest BCUT2D eigenvalue weighted by molar-refractivity contribution is -0.138. The lowest BCUT2D eigenvalue weighted by atomic mass is 10.1. The van der Waals surface area contributed by atoms with Gasteiger partial charge in [-0.2, -0.15) is 12.6 Å². The van der Waals surface area contributed by atoms with Gasteiger partial charge in [0.2, 0.25) is 23.6 Å². The first-order chi connectivity index (χ1) is 10.7. The highest BCUT2D eigenvalue weighted by atomic mass is 32.1. The van der Waals surface area contributed by atoms with Gasteiger partial charge in [0, 0.05) is 5.75 Å². The molecule has 0 rings (SSSR count). The third-order valence-electron chi connectivity index (χ3n) is 2.47. The van der Waals surface area contributed by atoms with Gasteiger partial charge in [0.15, 0.2) is 0 Å². The molecule has 0 spiro atoms. The molecule has 0 aromatic carbocycles. The van der Waals surface area contributed by atoms with Crippen LogP contribution in [-0.4, -0.2) is 65.6 Å². The molecule has 2 unspecified atom stereocenters. The predicted octanol–water partition coefficient (Wildman–Crippen LogP) is -4.08. The molecule has 23 heavy (non-hydrogen) atoms. The Kier molecular flexibility index (Phi) is 9.34. The lowest BCUT2D eigenvalue weighted by Gasteiger charge is -2.21. The molecule has 0 fully saturated rings. The van der Waals surface area contributed by atoms with Crippen molar-refractivity contribution in [3.8, 4) is 0 Å². The topological polar surface area (TPSA) is 194 Å². The zero-order valence-electron chi connectivity index (χ0n) is 12.1. The van der Waals surface area contributed by atoms with E-state index in [0.29, 0.717) is 0 Å². The molecule has 0 saturated heterocycles. The maximum atomic E-state index is 12.0. The highest BCUT2D eigenvalue weighted by Gasteiger charge is 2.27. The molecule has 8 N–H and O–H groups in total. The van der Waals surface area contributed by atoms with Gasteiger partial charge in [0.25, 0.3) is 0 Å². The number of hydrogen-bond donors (Lipinski definition) is 7. The van der Waals surface area contributed by atoms with Crippen molar-refractivity contribution in [2.24, 2.45) is 11.5 Å². The van der Waals surface area contributed by atoms with Crippen LogP contribution in [-0.2, 0) is 24.0 Å². The van der Waals surface area contributed by atoms with Gasteiger partial charge in [0.05, 0.1) is 13.0 Å². The first-order valence-corrected chi connectivity index (χ1v) is 7.03. The van der Waals surface area contributed by atoms with E-state index in [1.54, 1.807) is 0 Å². The Morgan fingerprint density at radius 3 is 2.09 bits per heavy atom. The van der Waals surface area contributed by atoms with Gasteiger partial charge < -0.3 is 32.5 Å². The number of nitrogens with two attached hydrogens (primary N) is 2. The molecule has 0 aliphatic carbocycles. The zero-order valence-corrected chi connectivity index (χ0v) is 13.0. The Labute approximate surface area is 136 Å². The second-order valence-electron chi connectivity index (χ2n) is 4.35. The molecule has 0 aromatic heterocycles. The maximum absolute atomic E-state index is 12.0. The summed E-state index contributed by atoms with van der Waals surface area (Å²) in [5.41, 5.74) is 10.1. The van der Waals surface area contributed by atoms with E-state index < -0.39 is 54.6 Å². The van der Waals surface area contributed by atoms with Gasteiger partial charge in [0.1, 0.15) is 18.6 Å². The van der Waals surface area contributed by atoms with Gasteiger partial charge in [-0.25, -0.2) is 0 Å². The molecule has 0 aliphatic rings. The van der Waals surface area contributed by atoms with Gasteiger partial charge in [-0.05, 0) is 0 Å². The third-order valence-corrected chi connectivity index (χ3v) is 2.84. The van der Waals surface area contributed by atoms with E-state index in [1.165, 1.54) is 0 Å². The van der Waals surface area contributed by atoms with E-state index >= 15 is 0 Å². The second kappa shape index (κ2) is 10.4. The number of thiol groups is 1. The summed E-state index contributed by atoms with van der Waals surface area (Å²) < 4.78 is 0. The average Bonchev–Trinajstić information content (AvgIpc) is 2.48. The number of hydrogen-bond acceptors (Lipinski definition) is 7. The van der Waals surface area contributed by atoms with Crippen LogP contribution in [0.15, 0.2) is 0 Å². The Bertz CT molecular complexity index is 486. The van der Waals surface area contributed by atoms with E-state index in [4.69, 9.17) is 16.6 Å². The lowest BCUT2D eigenvalue weighted by Crippen LogP contribution is -2.56. The Morgan fingerprint density at radius 2 is 1.65 bits per heavy atom. The molecule has 11 nitrogen and oxygen atoms in total. The van der Waals surface area contributed by atoms with E-state index in [2.05, 4.69) is 23.3 Å². The van der Waals surface area contributed by atoms with Crippen LogP contribution >= 0.6 is 12.6 Å². The van der Waals surface area contributed by atoms with Crippen molar-refractivity contribution >= 4 is 42.2 Å². The van der Waals surface area contributed by atoms with Crippen LogP contribution in [0.25, 0.3) is 0 Å². The molecule has 130 valence electrons. The molecule has 0 heterocycles. The van der Waals surface area contributed by atoms with Crippen molar-refractivity contribution in [1.82, 2.24) is 16.0 Å². The summed E-state index contributed by atoms with van der Waals surface area (Å²) in [6, 6.07) is -2.46. The van der Waals surface area contributed by atoms with E-state index in [1.807, 2.05) is 5.32 Å². The number of aliphatic carboxylic acids is 1. The van der Waals surface area contributed by atoms with Crippen molar-refractivity contribution < 1.29 is 29.1 Å². The van der Waals surface area contributed by atoms with Crippen molar-refractivity contribution in [2.45, 2.75) is 18.5 Å². The van der Waals surface area contributed by atoms with Crippen LogP contribution < -0.4 is 27.4 Å². The largest absolute Gasteiger partial charge is 0.480 e. The second-order valence-corrected chi connectivity index (χ2v) is 4.72. The quantitative estimate of drug-likeness (QED) is 0.195. The molecule has 2 atom stereocenters. The predicted molar refractivity (Wildman–Crippen MR) is 81.2 cm³/mol.